The van der Waals surface area contributed by atoms with Gasteiger partial charge in [-0.3, -0.25) is 0 Å². The molecule has 0 aromatic heterocycles. The summed E-state index contributed by atoms with van der Waals surface area (Å²) in [5.41, 5.74) is 1.32. The van der Waals surface area contributed by atoms with Crippen LogP contribution < -0.4 is 0 Å². The second kappa shape index (κ2) is 5.73. The smallest absolute Gasteiger partial charge is 0.143 e. The molecule has 0 spiro atoms. The summed E-state index contributed by atoms with van der Waals surface area (Å²) in [6.45, 7) is 2.60. The first-order chi connectivity index (χ1) is 6.34. The number of aliphatic hydroxyl groups excluding tert-OH is 1. The molecule has 0 saturated heterocycles. The van der Waals surface area contributed by atoms with Crippen molar-refractivity contribution in [2.24, 2.45) is 0 Å². The third-order valence-electron chi connectivity index (χ3n) is 2.16. The molecule has 1 unspecified atom stereocenters. The van der Waals surface area contributed by atoms with E-state index in [1.165, 1.54) is 5.56 Å². The van der Waals surface area contributed by atoms with Crippen LogP contribution in [0.25, 0.3) is 0 Å². The Morgan fingerprint density at radius 3 is 2.62 bits per heavy atom. The van der Waals surface area contributed by atoms with E-state index in [9.17, 15) is 0 Å². The van der Waals surface area contributed by atoms with Crippen LogP contribution in [0.3, 0.4) is 0 Å². The molecule has 1 N–H and O–H groups in total. The maximum atomic E-state index is 8.43. The summed E-state index contributed by atoms with van der Waals surface area (Å²) in [4.78, 5) is 0. The summed E-state index contributed by atoms with van der Waals surface area (Å²) < 4.78 is 4.88. The molecule has 0 bridgehead atoms. The van der Waals surface area contributed by atoms with Crippen LogP contribution in [0.15, 0.2) is 30.3 Å². The van der Waals surface area contributed by atoms with Crippen LogP contribution in [-0.2, 0) is 4.74 Å². The van der Waals surface area contributed by atoms with Crippen LogP contribution in [0, 0.1) is 0 Å². The lowest BCUT2D eigenvalue weighted by atomic mass is 9.98. The maximum Gasteiger partial charge on any atom is 0.143 e. The van der Waals surface area contributed by atoms with Crippen molar-refractivity contribution < 1.29 is 9.84 Å². The van der Waals surface area contributed by atoms with Gasteiger partial charge in [-0.15, -0.1) is 0 Å². The van der Waals surface area contributed by atoms with Gasteiger partial charge in [0, 0.05) is 6.61 Å². The molecule has 1 atom stereocenters. The fraction of sp³-hybridized carbons (Fsp3) is 0.455. The van der Waals surface area contributed by atoms with Crippen LogP contribution in [0.4, 0.5) is 0 Å². The second-order valence-electron chi connectivity index (χ2n) is 3.14. The maximum absolute atomic E-state index is 8.43. The monoisotopic (exact) mass is 180 g/mol. The highest BCUT2D eigenvalue weighted by molar-refractivity contribution is 5.18. The molecule has 2 nitrogen and oxygen atoms in total. The Morgan fingerprint density at radius 1 is 1.31 bits per heavy atom. The Kier molecular flexibility index (Phi) is 4.50. The summed E-state index contributed by atoms with van der Waals surface area (Å²) in [5, 5.41) is 8.43. The van der Waals surface area contributed by atoms with Crippen LogP contribution in [-0.4, -0.2) is 18.5 Å². The largest absolute Gasteiger partial charge is 0.371 e. The van der Waals surface area contributed by atoms with Crippen LogP contribution >= 0.6 is 0 Å². The van der Waals surface area contributed by atoms with Crippen molar-refractivity contribution in [2.45, 2.75) is 19.3 Å². The van der Waals surface area contributed by atoms with Gasteiger partial charge in [0.05, 0.1) is 0 Å². The van der Waals surface area contributed by atoms with Crippen molar-refractivity contribution in [1.82, 2.24) is 0 Å². The SMILES string of the molecule is CC(CCOCO)c1ccccc1. The minimum Gasteiger partial charge on any atom is -0.371 e. The van der Waals surface area contributed by atoms with Crippen LogP contribution in [0.5, 0.6) is 0 Å². The summed E-state index contributed by atoms with van der Waals surface area (Å²) in [5.74, 6) is 0.493. The van der Waals surface area contributed by atoms with Crippen molar-refractivity contribution in [3.05, 3.63) is 35.9 Å². The van der Waals surface area contributed by atoms with Gasteiger partial charge in [0.2, 0.25) is 0 Å². The highest BCUT2D eigenvalue weighted by Crippen LogP contribution is 2.17. The number of rotatable bonds is 5. The van der Waals surface area contributed by atoms with Gasteiger partial charge in [-0.2, -0.15) is 0 Å². The van der Waals surface area contributed by atoms with Crippen molar-refractivity contribution in [1.29, 1.82) is 0 Å². The molecule has 72 valence electrons. The first-order valence-corrected chi connectivity index (χ1v) is 4.58. The molecule has 0 aliphatic rings. The average molecular weight is 180 g/mol. The van der Waals surface area contributed by atoms with Gasteiger partial charge in [-0.1, -0.05) is 37.3 Å². The fourth-order valence-electron chi connectivity index (χ4n) is 1.27. The van der Waals surface area contributed by atoms with E-state index in [0.29, 0.717) is 12.5 Å². The lowest BCUT2D eigenvalue weighted by molar-refractivity contribution is -0.00366. The molecule has 0 heterocycles. The van der Waals surface area contributed by atoms with Crippen molar-refractivity contribution in [3.63, 3.8) is 0 Å². The fourth-order valence-corrected chi connectivity index (χ4v) is 1.27. The van der Waals surface area contributed by atoms with E-state index in [4.69, 9.17) is 9.84 Å². The first-order valence-electron chi connectivity index (χ1n) is 4.58. The first kappa shape index (κ1) is 10.2. The zero-order valence-corrected chi connectivity index (χ0v) is 7.94. The molecule has 0 aliphatic carbocycles. The molecule has 1 aromatic carbocycles. The van der Waals surface area contributed by atoms with E-state index in [1.54, 1.807) is 0 Å². The summed E-state index contributed by atoms with van der Waals surface area (Å²) >= 11 is 0. The molecule has 2 heteroatoms. The summed E-state index contributed by atoms with van der Waals surface area (Å²) in [6.07, 6.45) is 0.949. The van der Waals surface area contributed by atoms with E-state index in [1.807, 2.05) is 18.2 Å². The molecular weight excluding hydrogens is 164 g/mol. The molecule has 0 amide bonds. The molecular formula is C11H16O2. The number of ether oxygens (including phenoxy) is 1. The Morgan fingerprint density at radius 2 is 2.00 bits per heavy atom. The third kappa shape index (κ3) is 3.57. The molecule has 0 fully saturated rings. The van der Waals surface area contributed by atoms with E-state index < -0.39 is 0 Å². The zero-order valence-electron chi connectivity index (χ0n) is 7.94. The zero-order chi connectivity index (χ0) is 9.52. The summed E-state index contributed by atoms with van der Waals surface area (Å²) in [6, 6.07) is 10.3. The second-order valence-corrected chi connectivity index (χ2v) is 3.14. The van der Waals surface area contributed by atoms with E-state index in [0.717, 1.165) is 6.42 Å². The number of benzene rings is 1. The van der Waals surface area contributed by atoms with Gasteiger partial charge in [0.1, 0.15) is 6.79 Å². The molecule has 0 aliphatic heterocycles. The molecule has 0 radical (unpaired) electrons. The van der Waals surface area contributed by atoms with Crippen molar-refractivity contribution in [2.75, 3.05) is 13.4 Å². The number of hydrogen-bond acceptors (Lipinski definition) is 2. The molecule has 1 aromatic rings. The number of aliphatic hydroxyl groups is 1. The molecule has 0 saturated carbocycles. The Balaban J connectivity index is 2.35. The van der Waals surface area contributed by atoms with Gasteiger partial charge in [0.25, 0.3) is 0 Å². The number of hydrogen-bond donors (Lipinski definition) is 1. The lowest BCUT2D eigenvalue weighted by Crippen LogP contribution is -2.01. The lowest BCUT2D eigenvalue weighted by Gasteiger charge is -2.10. The van der Waals surface area contributed by atoms with Crippen LogP contribution in [0.1, 0.15) is 24.8 Å². The minimum atomic E-state index is -0.179. The van der Waals surface area contributed by atoms with E-state index in [2.05, 4.69) is 19.1 Å². The highest BCUT2D eigenvalue weighted by Gasteiger charge is 2.03. The third-order valence-corrected chi connectivity index (χ3v) is 2.16. The van der Waals surface area contributed by atoms with Gasteiger partial charge in [-0.05, 0) is 17.9 Å². The minimum absolute atomic E-state index is 0.179. The highest BCUT2D eigenvalue weighted by atomic mass is 16.6. The van der Waals surface area contributed by atoms with Gasteiger partial charge >= 0.3 is 0 Å². The normalized spacial score (nSPS) is 12.8. The van der Waals surface area contributed by atoms with Crippen molar-refractivity contribution >= 4 is 0 Å². The van der Waals surface area contributed by atoms with Gasteiger partial charge < -0.3 is 9.84 Å². The van der Waals surface area contributed by atoms with Gasteiger partial charge in [-0.25, -0.2) is 0 Å². The Bertz CT molecular complexity index is 221. The predicted molar refractivity (Wildman–Crippen MR) is 52.5 cm³/mol. The average Bonchev–Trinajstić information content (AvgIpc) is 2.19. The topological polar surface area (TPSA) is 29.5 Å². The van der Waals surface area contributed by atoms with E-state index in [-0.39, 0.29) is 6.79 Å². The van der Waals surface area contributed by atoms with E-state index >= 15 is 0 Å². The molecule has 13 heavy (non-hydrogen) atoms. The van der Waals surface area contributed by atoms with Crippen molar-refractivity contribution in [3.8, 4) is 0 Å². The van der Waals surface area contributed by atoms with Gasteiger partial charge in [0.15, 0.2) is 0 Å². The quantitative estimate of drug-likeness (QED) is 0.555. The molecule has 1 rings (SSSR count). The summed E-state index contributed by atoms with van der Waals surface area (Å²) in [7, 11) is 0. The standard InChI is InChI=1S/C11H16O2/c1-10(7-8-13-9-12)11-5-3-2-4-6-11/h2-6,10,12H,7-9H2,1H3. The predicted octanol–water partition coefficient (Wildman–Crippen LogP) is 2.15. The Labute approximate surface area is 79.2 Å². The Hall–Kier alpha value is -0.860. The van der Waals surface area contributed by atoms with Crippen LogP contribution in [0.2, 0.25) is 0 Å².